The van der Waals surface area contributed by atoms with Crippen molar-refractivity contribution in [1.82, 2.24) is 20.4 Å². The van der Waals surface area contributed by atoms with Crippen LogP contribution in [0.1, 0.15) is 47.5 Å². The van der Waals surface area contributed by atoms with E-state index in [9.17, 15) is 44.7 Å². The van der Waals surface area contributed by atoms with E-state index in [1.165, 1.54) is 23.5 Å². The van der Waals surface area contributed by atoms with E-state index in [2.05, 4.69) is 10.2 Å². The molecule has 15 heteroatoms. The lowest BCUT2D eigenvalue weighted by atomic mass is 9.85. The summed E-state index contributed by atoms with van der Waals surface area (Å²) in [4.78, 5) is 25.7. The van der Waals surface area contributed by atoms with Crippen LogP contribution in [-0.2, 0) is 11.3 Å². The molecule has 190 valence electrons. The summed E-state index contributed by atoms with van der Waals surface area (Å²) in [6, 6.07) is 0.175. The highest BCUT2D eigenvalue weighted by Crippen LogP contribution is 2.40. The third-order valence-electron chi connectivity index (χ3n) is 5.93. The number of benzene rings is 1. The van der Waals surface area contributed by atoms with Gasteiger partial charge in [0, 0.05) is 24.1 Å². The average molecular weight is 512 g/mol. The molecule has 0 spiro atoms. The smallest absolute Gasteiger partial charge is 0.383 e. The zero-order valence-electron chi connectivity index (χ0n) is 17.5. The molecular weight excluding hydrogens is 496 g/mol. The number of hydrogen-bond donors (Lipinski definition) is 1. The Morgan fingerprint density at radius 2 is 1.91 bits per heavy atom. The maximum Gasteiger partial charge on any atom is 0.383 e. The van der Waals surface area contributed by atoms with Gasteiger partial charge < -0.3 is 14.6 Å². The van der Waals surface area contributed by atoms with Gasteiger partial charge in [0.25, 0.3) is 23.6 Å². The van der Waals surface area contributed by atoms with Crippen molar-refractivity contribution in [2.24, 2.45) is 0 Å². The molecule has 2 aliphatic rings. The number of halogens is 8. The molecule has 35 heavy (non-hydrogen) atoms. The number of amides is 2. The van der Waals surface area contributed by atoms with Crippen molar-refractivity contribution in [3.63, 3.8) is 0 Å². The van der Waals surface area contributed by atoms with E-state index in [4.69, 9.17) is 4.42 Å². The van der Waals surface area contributed by atoms with Crippen molar-refractivity contribution in [3.8, 4) is 11.5 Å². The fraction of sp³-hybridized carbons (Fsp3) is 0.500. The van der Waals surface area contributed by atoms with Gasteiger partial charge in [0.05, 0.1) is 6.04 Å². The second kappa shape index (κ2) is 8.75. The van der Waals surface area contributed by atoms with Gasteiger partial charge in [-0.15, -0.1) is 10.2 Å². The molecule has 0 saturated heterocycles. The van der Waals surface area contributed by atoms with E-state index in [-0.39, 0.29) is 36.4 Å². The van der Waals surface area contributed by atoms with Gasteiger partial charge in [0.15, 0.2) is 0 Å². The Morgan fingerprint density at radius 3 is 2.54 bits per heavy atom. The van der Waals surface area contributed by atoms with Gasteiger partial charge in [-0.1, -0.05) is 6.07 Å². The van der Waals surface area contributed by atoms with Gasteiger partial charge in [-0.25, -0.2) is 17.6 Å². The maximum atomic E-state index is 14.7. The first kappa shape index (κ1) is 24.9. The third kappa shape index (κ3) is 4.43. The van der Waals surface area contributed by atoms with Crippen molar-refractivity contribution >= 4 is 11.8 Å². The summed E-state index contributed by atoms with van der Waals surface area (Å²) in [5.41, 5.74) is 0.411. The Bertz CT molecular complexity index is 1140. The van der Waals surface area contributed by atoms with Gasteiger partial charge in [-0.2, -0.15) is 17.6 Å². The molecule has 1 aliphatic heterocycles. The van der Waals surface area contributed by atoms with E-state index in [0.29, 0.717) is 5.56 Å². The lowest BCUT2D eigenvalue weighted by Gasteiger charge is -2.42. The molecule has 1 fully saturated rings. The molecule has 0 unspecified atom stereocenters. The van der Waals surface area contributed by atoms with Crippen molar-refractivity contribution in [3.05, 3.63) is 35.2 Å². The summed E-state index contributed by atoms with van der Waals surface area (Å²) in [6.07, 6.45) is -8.49. The quantitative estimate of drug-likeness (QED) is 0.587. The number of nitrogens with one attached hydrogen (secondary N) is 1. The molecule has 1 saturated carbocycles. The van der Waals surface area contributed by atoms with Crippen LogP contribution in [0.4, 0.5) is 35.1 Å². The molecule has 2 aromatic rings. The van der Waals surface area contributed by atoms with Crippen LogP contribution < -0.4 is 5.32 Å². The number of carbonyl (C=O) groups excluding carboxylic acids is 2. The monoisotopic (exact) mass is 512 g/mol. The molecule has 1 N–H and O–H groups in total. The van der Waals surface area contributed by atoms with Crippen molar-refractivity contribution in [2.45, 2.75) is 62.6 Å². The first-order chi connectivity index (χ1) is 16.3. The minimum absolute atomic E-state index is 0.0174. The maximum absolute atomic E-state index is 14.7. The van der Waals surface area contributed by atoms with E-state index < -0.39 is 60.9 Å². The zero-order valence-corrected chi connectivity index (χ0v) is 17.5. The molecule has 7 nitrogen and oxygen atoms in total. The topological polar surface area (TPSA) is 88.3 Å². The fourth-order valence-electron chi connectivity index (χ4n) is 4.19. The van der Waals surface area contributed by atoms with E-state index in [0.717, 1.165) is 4.90 Å². The number of rotatable bonds is 6. The van der Waals surface area contributed by atoms with Crippen LogP contribution in [0.25, 0.3) is 11.5 Å². The Morgan fingerprint density at radius 1 is 1.20 bits per heavy atom. The number of carbonyl (C=O) groups is 2. The van der Waals surface area contributed by atoms with E-state index in [1.54, 1.807) is 0 Å². The number of fused-ring (bicyclic) bond motifs is 1. The predicted octanol–water partition coefficient (Wildman–Crippen LogP) is 4.20. The van der Waals surface area contributed by atoms with Crippen LogP contribution in [0.2, 0.25) is 0 Å². The Hall–Kier alpha value is -3.26. The fourth-order valence-corrected chi connectivity index (χ4v) is 4.19. The normalized spacial score (nSPS) is 22.1. The van der Waals surface area contributed by atoms with Crippen LogP contribution in [0, 0.1) is 0 Å². The van der Waals surface area contributed by atoms with E-state index in [1.807, 2.05) is 0 Å². The lowest BCUT2D eigenvalue weighted by Crippen LogP contribution is -2.64. The first-order valence-electron chi connectivity index (χ1n) is 10.2. The number of aromatic nitrogens is 2. The Labute approximate surface area is 191 Å². The van der Waals surface area contributed by atoms with Crippen LogP contribution in [0.3, 0.4) is 0 Å². The average Bonchev–Trinajstić information content (AvgIpc) is 3.40. The molecule has 2 atom stereocenters. The van der Waals surface area contributed by atoms with Crippen LogP contribution in [0.15, 0.2) is 22.6 Å². The van der Waals surface area contributed by atoms with Gasteiger partial charge in [0.2, 0.25) is 5.89 Å². The molecule has 0 bridgehead atoms. The molecule has 1 aliphatic carbocycles. The van der Waals surface area contributed by atoms with Crippen molar-refractivity contribution in [1.29, 1.82) is 0 Å². The standard InChI is InChI=1S/C20H16F8N4O3/c21-13(22)15-31-30-14(35-15)8-3-4-9-7-32(16(33)10(9)6-8)11-2-1-5-19(25,26)12(11)29-18(34)20(27,28)17(23)24/h3-4,6,11-13,17H,1-2,5,7H2,(H,29,34)/t11-,12+/m1/s1. The summed E-state index contributed by atoms with van der Waals surface area (Å²) in [7, 11) is 0. The van der Waals surface area contributed by atoms with Crippen molar-refractivity contribution in [2.75, 3.05) is 0 Å². The zero-order chi connectivity index (χ0) is 25.7. The molecular formula is C20H16F8N4O3. The van der Waals surface area contributed by atoms with Crippen LogP contribution >= 0.6 is 0 Å². The number of nitrogens with zero attached hydrogens (tertiary/aromatic N) is 3. The lowest BCUT2D eigenvalue weighted by molar-refractivity contribution is -0.175. The summed E-state index contributed by atoms with van der Waals surface area (Å²) < 4.78 is 112. The second-order valence-corrected chi connectivity index (χ2v) is 8.15. The largest absolute Gasteiger partial charge is 0.415 e. The third-order valence-corrected chi connectivity index (χ3v) is 5.93. The van der Waals surface area contributed by atoms with Gasteiger partial charge in [0.1, 0.15) is 6.04 Å². The predicted molar refractivity (Wildman–Crippen MR) is 100 cm³/mol. The first-order valence-corrected chi connectivity index (χ1v) is 10.2. The molecule has 1 aromatic heterocycles. The minimum Gasteiger partial charge on any atom is -0.415 e. The van der Waals surface area contributed by atoms with Crippen LogP contribution in [-0.4, -0.2) is 57.3 Å². The number of hydrogen-bond acceptors (Lipinski definition) is 5. The SMILES string of the molecule is O=C1c2cc(-c3nnc(C(F)F)o3)ccc2CN1[C@@H]1CCCC(F)(F)[C@H]1NC(=O)C(F)(F)C(F)F. The highest BCUT2D eigenvalue weighted by Gasteiger charge is 2.56. The summed E-state index contributed by atoms with van der Waals surface area (Å²) >= 11 is 0. The molecule has 0 radical (unpaired) electrons. The van der Waals surface area contributed by atoms with Gasteiger partial charge in [-0.05, 0) is 30.5 Å². The molecule has 2 amide bonds. The Kier molecular flexibility index (Phi) is 6.21. The Balaban J connectivity index is 1.60. The van der Waals surface area contributed by atoms with Crippen molar-refractivity contribution < 1.29 is 49.1 Å². The molecule has 2 heterocycles. The van der Waals surface area contributed by atoms with Gasteiger partial charge >= 0.3 is 18.8 Å². The summed E-state index contributed by atoms with van der Waals surface area (Å²) in [6.45, 7) is -0.237. The molecule has 4 rings (SSSR count). The summed E-state index contributed by atoms with van der Waals surface area (Å²) in [5, 5.41) is 7.98. The summed E-state index contributed by atoms with van der Waals surface area (Å²) in [5.74, 6) is -13.6. The van der Waals surface area contributed by atoms with Crippen LogP contribution in [0.5, 0.6) is 0 Å². The minimum atomic E-state index is -5.20. The molecule has 1 aromatic carbocycles. The highest BCUT2D eigenvalue weighted by atomic mass is 19.3. The van der Waals surface area contributed by atoms with E-state index >= 15 is 0 Å². The van der Waals surface area contributed by atoms with Gasteiger partial charge in [-0.3, -0.25) is 9.59 Å². The number of alkyl halides is 8. The second-order valence-electron chi connectivity index (χ2n) is 8.15. The highest BCUT2D eigenvalue weighted by molar-refractivity contribution is 5.99.